The molecule has 1 N–H and O–H groups in total. The monoisotopic (exact) mass is 455 g/mol. The molecule has 6 nitrogen and oxygen atoms in total. The number of ether oxygens (including phenoxy) is 3. The van der Waals surface area contributed by atoms with Crippen LogP contribution >= 0.6 is 11.6 Å². The number of halogens is 3. The standard InChI is InChI=1S/C22H24ClF2NO5/c1-22(2,3)31-21(28)26-11-5-6-13-7-9-16(23)19(18(13)25)30-14-8-10-17(24)15(12-14)20(27)29-4/h7-10,12H,5-6,11H2,1-4H3,(H,26,28). The maximum absolute atomic E-state index is 14.9. The van der Waals surface area contributed by atoms with Gasteiger partial charge in [0.05, 0.1) is 17.7 Å². The lowest BCUT2D eigenvalue weighted by Gasteiger charge is -2.19. The van der Waals surface area contributed by atoms with Crippen LogP contribution in [0.1, 0.15) is 43.1 Å². The molecule has 0 atom stereocenters. The van der Waals surface area contributed by atoms with E-state index in [0.717, 1.165) is 19.2 Å². The Hall–Kier alpha value is -2.87. The third-order valence-electron chi connectivity index (χ3n) is 3.98. The molecule has 0 aromatic heterocycles. The third-order valence-corrected chi connectivity index (χ3v) is 4.28. The van der Waals surface area contributed by atoms with Crippen LogP contribution in [-0.4, -0.2) is 31.3 Å². The van der Waals surface area contributed by atoms with E-state index in [0.29, 0.717) is 18.4 Å². The Morgan fingerprint density at radius 1 is 1.13 bits per heavy atom. The van der Waals surface area contributed by atoms with Crippen molar-refractivity contribution >= 4 is 23.7 Å². The van der Waals surface area contributed by atoms with Gasteiger partial charge >= 0.3 is 12.1 Å². The Morgan fingerprint density at radius 3 is 2.48 bits per heavy atom. The summed E-state index contributed by atoms with van der Waals surface area (Å²) in [5, 5.41) is 2.61. The van der Waals surface area contributed by atoms with Gasteiger partial charge in [-0.1, -0.05) is 17.7 Å². The van der Waals surface area contributed by atoms with Crippen LogP contribution < -0.4 is 10.1 Å². The number of rotatable bonds is 7. The van der Waals surface area contributed by atoms with E-state index in [1.54, 1.807) is 20.8 Å². The number of hydrogen-bond acceptors (Lipinski definition) is 5. The van der Waals surface area contributed by atoms with E-state index in [1.807, 2.05) is 0 Å². The molecule has 0 aliphatic heterocycles. The van der Waals surface area contributed by atoms with E-state index in [-0.39, 0.29) is 28.6 Å². The van der Waals surface area contributed by atoms with Crippen molar-refractivity contribution in [3.05, 3.63) is 58.1 Å². The number of esters is 1. The van der Waals surface area contributed by atoms with Crippen LogP contribution in [0.2, 0.25) is 5.02 Å². The number of methoxy groups -OCH3 is 1. The number of alkyl carbamates (subject to hydrolysis) is 1. The molecule has 0 aliphatic rings. The van der Waals surface area contributed by atoms with Crippen molar-refractivity contribution < 1.29 is 32.6 Å². The minimum absolute atomic E-state index is 0.0112. The molecule has 0 bridgehead atoms. The summed E-state index contributed by atoms with van der Waals surface area (Å²) in [5.74, 6) is -2.60. The van der Waals surface area contributed by atoms with Crippen LogP contribution in [0, 0.1) is 11.6 Å². The van der Waals surface area contributed by atoms with E-state index < -0.39 is 29.3 Å². The highest BCUT2D eigenvalue weighted by Gasteiger charge is 2.19. The van der Waals surface area contributed by atoms with Crippen LogP contribution in [0.5, 0.6) is 11.5 Å². The first-order chi connectivity index (χ1) is 14.5. The topological polar surface area (TPSA) is 73.9 Å². The smallest absolute Gasteiger partial charge is 0.407 e. The summed E-state index contributed by atoms with van der Waals surface area (Å²) in [7, 11) is 1.12. The molecule has 0 saturated heterocycles. The average molecular weight is 456 g/mol. The van der Waals surface area contributed by atoms with Gasteiger partial charge in [0.15, 0.2) is 11.6 Å². The van der Waals surface area contributed by atoms with Gasteiger partial charge in [-0.2, -0.15) is 0 Å². The van der Waals surface area contributed by atoms with E-state index in [1.165, 1.54) is 18.2 Å². The van der Waals surface area contributed by atoms with Crippen molar-refractivity contribution in [3.8, 4) is 11.5 Å². The molecule has 0 heterocycles. The normalized spacial score (nSPS) is 11.1. The number of aryl methyl sites for hydroxylation is 1. The zero-order valence-electron chi connectivity index (χ0n) is 17.7. The maximum atomic E-state index is 14.9. The van der Waals surface area contributed by atoms with Gasteiger partial charge in [-0.3, -0.25) is 0 Å². The summed E-state index contributed by atoms with van der Waals surface area (Å²) in [6.07, 6.45) is 0.192. The van der Waals surface area contributed by atoms with Crippen molar-refractivity contribution in [1.29, 1.82) is 0 Å². The molecule has 0 spiro atoms. The van der Waals surface area contributed by atoms with Gasteiger partial charge in [-0.05, 0) is 63.4 Å². The van der Waals surface area contributed by atoms with E-state index in [4.69, 9.17) is 21.1 Å². The predicted molar refractivity (Wildman–Crippen MR) is 112 cm³/mol. The van der Waals surface area contributed by atoms with Crippen molar-refractivity contribution in [2.45, 2.75) is 39.2 Å². The number of hydrogen-bond donors (Lipinski definition) is 1. The van der Waals surface area contributed by atoms with Gasteiger partial charge in [0, 0.05) is 6.54 Å². The maximum Gasteiger partial charge on any atom is 0.407 e. The molecular formula is C22H24ClF2NO5. The second-order valence-corrected chi connectivity index (χ2v) is 8.02. The number of benzene rings is 2. The fourth-order valence-corrected chi connectivity index (χ4v) is 2.78. The molecular weight excluding hydrogens is 432 g/mol. The molecule has 0 aliphatic carbocycles. The van der Waals surface area contributed by atoms with Crippen molar-refractivity contribution in [2.75, 3.05) is 13.7 Å². The SMILES string of the molecule is COC(=O)c1cc(Oc2c(Cl)ccc(CCCNC(=O)OC(C)(C)C)c2F)ccc1F. The summed E-state index contributed by atoms with van der Waals surface area (Å²) in [4.78, 5) is 23.3. The number of carbonyl (C=O) groups is 2. The Balaban J connectivity index is 2.08. The molecule has 31 heavy (non-hydrogen) atoms. The van der Waals surface area contributed by atoms with Crippen LogP contribution in [0.25, 0.3) is 0 Å². The van der Waals surface area contributed by atoms with E-state index in [2.05, 4.69) is 10.1 Å². The van der Waals surface area contributed by atoms with Gasteiger partial charge in [-0.25, -0.2) is 18.4 Å². The van der Waals surface area contributed by atoms with Crippen molar-refractivity contribution in [1.82, 2.24) is 5.32 Å². The van der Waals surface area contributed by atoms with Gasteiger partial charge in [-0.15, -0.1) is 0 Å². The lowest BCUT2D eigenvalue weighted by molar-refractivity contribution is 0.0526. The first-order valence-electron chi connectivity index (χ1n) is 9.51. The molecule has 0 fully saturated rings. The predicted octanol–water partition coefficient (Wildman–Crippen LogP) is 5.65. The highest BCUT2D eigenvalue weighted by molar-refractivity contribution is 6.32. The molecule has 2 rings (SSSR count). The van der Waals surface area contributed by atoms with Crippen LogP contribution in [-0.2, 0) is 15.9 Å². The molecule has 9 heteroatoms. The molecule has 0 unspecified atom stereocenters. The lowest BCUT2D eigenvalue weighted by Crippen LogP contribution is -2.33. The highest BCUT2D eigenvalue weighted by atomic mass is 35.5. The van der Waals surface area contributed by atoms with Crippen molar-refractivity contribution in [3.63, 3.8) is 0 Å². The molecule has 0 radical (unpaired) electrons. The van der Waals surface area contributed by atoms with Gasteiger partial charge in [0.25, 0.3) is 0 Å². The Morgan fingerprint density at radius 2 is 1.84 bits per heavy atom. The molecule has 2 aromatic carbocycles. The van der Waals surface area contributed by atoms with Gasteiger partial charge in [0.2, 0.25) is 0 Å². The first-order valence-corrected chi connectivity index (χ1v) is 9.89. The number of nitrogens with one attached hydrogen (secondary N) is 1. The highest BCUT2D eigenvalue weighted by Crippen LogP contribution is 2.35. The number of amides is 1. The Labute approximate surface area is 184 Å². The number of carbonyl (C=O) groups excluding carboxylic acids is 2. The van der Waals surface area contributed by atoms with Gasteiger partial charge < -0.3 is 19.5 Å². The quantitative estimate of drug-likeness (QED) is 0.431. The summed E-state index contributed by atoms with van der Waals surface area (Å²) in [6.45, 7) is 5.55. The molecule has 2 aromatic rings. The largest absolute Gasteiger partial charge is 0.465 e. The fourth-order valence-electron chi connectivity index (χ4n) is 2.60. The minimum atomic E-state index is -0.888. The molecule has 0 saturated carbocycles. The van der Waals surface area contributed by atoms with Crippen molar-refractivity contribution in [2.24, 2.45) is 0 Å². The first kappa shape index (κ1) is 24.4. The minimum Gasteiger partial charge on any atom is -0.465 e. The second-order valence-electron chi connectivity index (χ2n) is 7.62. The zero-order chi connectivity index (χ0) is 23.2. The van der Waals surface area contributed by atoms with Crippen LogP contribution in [0.3, 0.4) is 0 Å². The van der Waals surface area contributed by atoms with Crippen LogP contribution in [0.15, 0.2) is 30.3 Å². The summed E-state index contributed by atoms with van der Waals surface area (Å²) in [6, 6.07) is 6.35. The zero-order valence-corrected chi connectivity index (χ0v) is 18.4. The average Bonchev–Trinajstić information content (AvgIpc) is 2.69. The molecule has 1 amide bonds. The summed E-state index contributed by atoms with van der Waals surface area (Å²) < 4.78 is 43.9. The summed E-state index contributed by atoms with van der Waals surface area (Å²) >= 11 is 6.07. The van der Waals surface area contributed by atoms with E-state index >= 15 is 0 Å². The summed E-state index contributed by atoms with van der Waals surface area (Å²) in [5.41, 5.74) is -0.631. The van der Waals surface area contributed by atoms with E-state index in [9.17, 15) is 18.4 Å². The third kappa shape index (κ3) is 7.10. The Bertz CT molecular complexity index is 960. The Kier molecular flexibility index (Phi) is 8.21. The van der Waals surface area contributed by atoms with Crippen LogP contribution in [0.4, 0.5) is 13.6 Å². The van der Waals surface area contributed by atoms with Gasteiger partial charge in [0.1, 0.15) is 17.2 Å². The second kappa shape index (κ2) is 10.4. The fraction of sp³-hybridized carbons (Fsp3) is 0.364. The molecule has 168 valence electrons. The lowest BCUT2D eigenvalue weighted by atomic mass is 10.1.